The van der Waals surface area contributed by atoms with Crippen LogP contribution in [0.4, 0.5) is 0 Å². The van der Waals surface area contributed by atoms with Crippen molar-refractivity contribution in [3.8, 4) is 0 Å². The third-order valence-electron chi connectivity index (χ3n) is 18.0. The molecule has 0 unspecified atom stereocenters. The molecule has 12 heterocycles. The number of furan rings is 1. The van der Waals surface area contributed by atoms with Crippen molar-refractivity contribution in [3.63, 3.8) is 0 Å². The number of aliphatic imine (C=N–C) groups is 4. The summed E-state index contributed by atoms with van der Waals surface area (Å²) >= 11 is 12.2. The van der Waals surface area contributed by atoms with Crippen LogP contribution in [0.5, 0.6) is 0 Å². The molecule has 0 amide bonds. The first kappa shape index (κ1) is 117. The number of oxazole rings is 1. The summed E-state index contributed by atoms with van der Waals surface area (Å²) in [5.41, 5.74) is 10.3. The molecule has 0 saturated carbocycles. The highest BCUT2D eigenvalue weighted by atomic mass is 32.1. The topological polar surface area (TPSA) is 140 Å². The number of nitrogens with zero attached hydrogens (tertiary/aromatic N) is 9. The molecule has 18 heteroatoms. The first-order chi connectivity index (χ1) is 57.5. The lowest BCUT2D eigenvalue weighted by atomic mass is 9.87. The second-order valence-corrected chi connectivity index (χ2v) is 51.7. The van der Waals surface area contributed by atoms with Gasteiger partial charge in [-0.15, -0.1) is 56.7 Å². The summed E-state index contributed by atoms with van der Waals surface area (Å²) in [7, 11) is 0. The van der Waals surface area contributed by atoms with Crippen LogP contribution in [0.25, 0.3) is 0 Å². The molecule has 0 spiro atoms. The van der Waals surface area contributed by atoms with Crippen LogP contribution in [0.15, 0.2) is 230 Å². The zero-order valence-electron chi connectivity index (χ0n) is 86.3. The minimum absolute atomic E-state index is 0.0451. The zero-order valence-corrected chi connectivity index (χ0v) is 92.0. The van der Waals surface area contributed by atoms with Crippen LogP contribution >= 0.6 is 79.6 Å². The Bertz CT molecular complexity index is 3740. The highest BCUT2D eigenvalue weighted by Gasteiger charge is 2.25. The lowest BCUT2D eigenvalue weighted by Crippen LogP contribution is -2.16. The summed E-state index contributed by atoms with van der Waals surface area (Å²) in [4.78, 5) is 37.8. The van der Waals surface area contributed by atoms with Gasteiger partial charge >= 0.3 is 0 Å². The maximum Gasteiger partial charge on any atom is 0.199 e. The van der Waals surface area contributed by atoms with E-state index in [0.29, 0.717) is 32.5 Å². The highest BCUT2D eigenvalue weighted by Crippen LogP contribution is 2.35. The van der Waals surface area contributed by atoms with Crippen LogP contribution in [0.2, 0.25) is 0 Å². The number of hydrogen-bond donors (Lipinski definition) is 0. The van der Waals surface area contributed by atoms with Crippen molar-refractivity contribution >= 4 is 104 Å². The van der Waals surface area contributed by atoms with Gasteiger partial charge in [0.1, 0.15) is 29.2 Å². The Labute approximate surface area is 797 Å². The predicted molar refractivity (Wildman–Crippen MR) is 569 cm³/mol. The van der Waals surface area contributed by atoms with E-state index in [9.17, 15) is 0 Å². The number of allylic oxidation sites excluding steroid dienone is 11. The molecule has 0 N–H and O–H groups in total. The van der Waals surface area contributed by atoms with Gasteiger partial charge in [0.05, 0.1) is 35.6 Å². The van der Waals surface area contributed by atoms with Crippen molar-refractivity contribution in [2.24, 2.45) is 47.0 Å². The van der Waals surface area contributed by atoms with E-state index in [1.54, 1.807) is 59.1 Å². The molecule has 9 aromatic heterocycles. The Hall–Kier alpha value is -6.77. The lowest BCUT2D eigenvalue weighted by molar-refractivity contribution is 0.392. The molecule has 0 aromatic carbocycles. The average molecular weight is 1850 g/mol. The second kappa shape index (κ2) is 52.9. The highest BCUT2D eigenvalue weighted by molar-refractivity contribution is 7.11. The van der Waals surface area contributed by atoms with Crippen LogP contribution in [-0.2, 0) is 48.7 Å². The molecular formula is C108H169N9O2S7. The van der Waals surface area contributed by atoms with Gasteiger partial charge in [0.25, 0.3) is 0 Å². The fourth-order valence-electron chi connectivity index (χ4n) is 10.3. The lowest BCUT2D eigenvalue weighted by Gasteiger charge is -2.18. The number of hydrogen-bond acceptors (Lipinski definition) is 18. The maximum absolute atomic E-state index is 5.20. The second-order valence-electron chi connectivity index (χ2n) is 45.5. The minimum Gasteiger partial charge on any atom is -0.469 e. The number of aromatic nitrogens is 5. The van der Waals surface area contributed by atoms with Crippen molar-refractivity contribution in [2.45, 2.75) is 359 Å². The molecule has 14 rings (SSSR count). The van der Waals surface area contributed by atoms with Crippen molar-refractivity contribution in [3.05, 3.63) is 248 Å². The van der Waals surface area contributed by atoms with Crippen molar-refractivity contribution < 1.29 is 8.83 Å². The summed E-state index contributed by atoms with van der Waals surface area (Å²) in [6.07, 6.45) is 37.2. The smallest absolute Gasteiger partial charge is 0.199 e. The largest absolute Gasteiger partial charge is 0.469 e. The summed E-state index contributed by atoms with van der Waals surface area (Å²) in [6, 6.07) is 19.0. The van der Waals surface area contributed by atoms with E-state index in [1.165, 1.54) is 64.3 Å². The van der Waals surface area contributed by atoms with Gasteiger partial charge in [-0.05, 0) is 143 Å². The van der Waals surface area contributed by atoms with E-state index in [0.717, 1.165) is 54.8 Å². The number of rotatable bonds is 0. The molecule has 5 aliphatic rings. The molecule has 2 aliphatic carbocycles. The molecule has 0 radical (unpaired) electrons. The SMILES string of the molecule is CC(C)(C)C1=CCC=C1.CC(C)(C)C1=CCC=C1.CC(C)(C)C1=CCC=N1.CC(C)(C)C1=NCC=C1.CC(C)(C)C1=NCC=N1.CC(C)(C)c1ccco1.CC(C)(C)c1cccs1.CC(C)(C)c1cccs1.CC(C)(C)c1cccs1.CC(C)(C)c1ccsc1.CC(C)(C)c1ncco1.CC(C)(C)c1nccs1.CC(C)(C)c1nccs1.CC(C)(C)c1ncns1. The Morgan fingerprint density at radius 2 is 0.786 bits per heavy atom. The van der Waals surface area contributed by atoms with Crippen LogP contribution in [0.3, 0.4) is 0 Å². The standard InChI is InChI=1S/2C9H14.2C8H13N.C8H12O.4C8H12S.C7H12N2.C7H11NO.2C7H11NS.C6H10N2S/c2*1-9(2,3)8-6-4-5-7-8;3*1-8(2,3)7-5-4-6-9-7;1-8(2,3)7-4-5-9-6-7;3*1-8(2,3)7-5-4-6-9-7;4*1-7(2,3)6-8-4-5-9-6;1-6(2,3)5-7-4-8-9-5/h2*4,6-7H,5H2,1-3H3;5-6H,4H2,1-3H3;4-5H,6H2,1-3H3;5*4-6H,1-3H3;4H,5H2,1-3H3;3*4-5H,1-3H3;4H,1-3H3. The molecule has 0 bridgehead atoms. The third-order valence-corrected chi connectivity index (χ3v) is 26.0. The van der Waals surface area contributed by atoms with Gasteiger partial charge in [0, 0.05) is 111 Å². The molecule has 0 fully saturated rings. The van der Waals surface area contributed by atoms with E-state index in [2.05, 4.69) is 459 Å². The Kier molecular flexibility index (Phi) is 49.2. The van der Waals surface area contributed by atoms with Gasteiger partial charge < -0.3 is 8.83 Å². The van der Waals surface area contributed by atoms with Crippen molar-refractivity contribution in [2.75, 3.05) is 13.1 Å². The average Bonchev–Trinajstić information content (AvgIpc) is 1.87. The van der Waals surface area contributed by atoms with Crippen molar-refractivity contribution in [1.82, 2.24) is 24.3 Å². The Morgan fingerprint density at radius 1 is 0.317 bits per heavy atom. The molecular weight excluding hydrogens is 1680 g/mol. The van der Waals surface area contributed by atoms with Crippen LogP contribution in [0.1, 0.15) is 357 Å². The quantitative estimate of drug-likeness (QED) is 0.147. The first-order valence-corrected chi connectivity index (χ1v) is 50.5. The maximum atomic E-state index is 5.20. The third kappa shape index (κ3) is 51.6. The first-order valence-electron chi connectivity index (χ1n) is 44.4. The van der Waals surface area contributed by atoms with Crippen LogP contribution in [-0.4, -0.2) is 61.4 Å². The number of thiazole rings is 2. The van der Waals surface area contributed by atoms with Gasteiger partial charge in [-0.2, -0.15) is 15.7 Å². The van der Waals surface area contributed by atoms with E-state index in [1.807, 2.05) is 81.7 Å². The molecule has 11 nitrogen and oxygen atoms in total. The monoisotopic (exact) mass is 1850 g/mol. The Balaban J connectivity index is 0.000000678. The molecule has 3 aliphatic heterocycles. The fraction of sp³-hybridized carbons (Fsp3) is 0.565. The summed E-state index contributed by atoms with van der Waals surface area (Å²) in [5.74, 6) is 2.81. The molecule has 700 valence electrons. The van der Waals surface area contributed by atoms with Crippen LogP contribution in [0, 0.1) is 27.1 Å². The summed E-state index contributed by atoms with van der Waals surface area (Å²) in [5, 5.41) is 18.3. The fourth-order valence-corrected chi connectivity index (χ4v) is 15.6. The Morgan fingerprint density at radius 3 is 0.944 bits per heavy atom. The summed E-state index contributed by atoms with van der Waals surface area (Å²) in [6.45, 7) is 93.4. The predicted octanol–water partition coefficient (Wildman–Crippen LogP) is 35.2. The van der Waals surface area contributed by atoms with E-state index < -0.39 is 0 Å². The number of thiophene rings is 4. The van der Waals surface area contributed by atoms with Gasteiger partial charge in [-0.1, -0.05) is 358 Å². The van der Waals surface area contributed by atoms with E-state index >= 15 is 0 Å². The van der Waals surface area contributed by atoms with Gasteiger partial charge in [0.15, 0.2) is 5.89 Å². The van der Waals surface area contributed by atoms with Crippen molar-refractivity contribution in [1.29, 1.82) is 0 Å². The summed E-state index contributed by atoms with van der Waals surface area (Å²) < 4.78 is 14.2. The molecule has 0 saturated heterocycles. The molecule has 9 aromatic rings. The zero-order chi connectivity index (χ0) is 96.7. The number of amidine groups is 1. The van der Waals surface area contributed by atoms with Gasteiger partial charge in [-0.25, -0.2) is 24.9 Å². The van der Waals surface area contributed by atoms with E-state index in [-0.39, 0.29) is 43.3 Å². The normalized spacial score (nSPS) is 14.2. The van der Waals surface area contributed by atoms with Crippen LogP contribution < -0.4 is 0 Å². The van der Waals surface area contributed by atoms with E-state index in [4.69, 9.17) is 8.83 Å². The van der Waals surface area contributed by atoms with Gasteiger partial charge in [-0.3, -0.25) is 15.0 Å². The van der Waals surface area contributed by atoms with Gasteiger partial charge in [0.2, 0.25) is 0 Å². The molecule has 126 heavy (non-hydrogen) atoms. The minimum atomic E-state index is 0.0451. The molecule has 0 atom stereocenters.